The second kappa shape index (κ2) is 6.04. The first-order chi connectivity index (χ1) is 9.03. The maximum absolute atomic E-state index is 12.2. The maximum atomic E-state index is 12.2. The molecular weight excluding hydrogens is 348 g/mol. The van der Waals surface area contributed by atoms with E-state index in [9.17, 15) is 8.42 Å². The van der Waals surface area contributed by atoms with Crippen LogP contribution in [0.15, 0.2) is 44.4 Å². The SMILES string of the molecule is CNCc1ccc(NS(=O)(=O)c2sccc2Br)cc1. The molecule has 0 spiro atoms. The van der Waals surface area contributed by atoms with E-state index in [0.717, 1.165) is 12.1 Å². The largest absolute Gasteiger partial charge is 0.316 e. The second-order valence-corrected chi connectivity index (χ2v) is 7.54. The Morgan fingerprint density at radius 1 is 1.21 bits per heavy atom. The normalized spacial score (nSPS) is 11.5. The van der Waals surface area contributed by atoms with Crippen molar-refractivity contribution in [2.75, 3.05) is 11.8 Å². The summed E-state index contributed by atoms with van der Waals surface area (Å²) in [6.45, 7) is 0.753. The predicted molar refractivity (Wildman–Crippen MR) is 82.0 cm³/mol. The van der Waals surface area contributed by atoms with Gasteiger partial charge in [0.15, 0.2) is 4.21 Å². The van der Waals surface area contributed by atoms with Crippen molar-refractivity contribution in [2.45, 2.75) is 10.8 Å². The first-order valence-electron chi connectivity index (χ1n) is 5.52. The summed E-state index contributed by atoms with van der Waals surface area (Å²) in [5.41, 5.74) is 1.66. The molecule has 1 aromatic heterocycles. The molecule has 2 rings (SSSR count). The molecule has 0 aliphatic heterocycles. The van der Waals surface area contributed by atoms with Crippen molar-refractivity contribution in [3.63, 3.8) is 0 Å². The predicted octanol–water partition coefficient (Wildman–Crippen LogP) is 3.03. The van der Waals surface area contributed by atoms with Crippen molar-refractivity contribution in [1.29, 1.82) is 0 Å². The average Bonchev–Trinajstić information content (AvgIpc) is 2.79. The van der Waals surface area contributed by atoms with Crippen LogP contribution in [0.2, 0.25) is 0 Å². The third-order valence-corrected chi connectivity index (χ3v) is 6.47. The van der Waals surface area contributed by atoms with Gasteiger partial charge in [-0.15, -0.1) is 11.3 Å². The van der Waals surface area contributed by atoms with Crippen LogP contribution in [0.5, 0.6) is 0 Å². The molecular formula is C12H13BrN2O2S2. The molecule has 0 amide bonds. The molecule has 1 heterocycles. The molecule has 1 aromatic carbocycles. The van der Waals surface area contributed by atoms with Gasteiger partial charge < -0.3 is 5.32 Å². The van der Waals surface area contributed by atoms with Crippen LogP contribution in [0.3, 0.4) is 0 Å². The van der Waals surface area contributed by atoms with Gasteiger partial charge in [-0.2, -0.15) is 0 Å². The third-order valence-electron chi connectivity index (χ3n) is 2.42. The molecule has 0 radical (unpaired) electrons. The van der Waals surface area contributed by atoms with E-state index in [1.165, 1.54) is 11.3 Å². The molecule has 0 saturated heterocycles. The summed E-state index contributed by atoms with van der Waals surface area (Å²) in [6.07, 6.45) is 0. The van der Waals surface area contributed by atoms with Crippen LogP contribution in [0.4, 0.5) is 5.69 Å². The zero-order valence-corrected chi connectivity index (χ0v) is 13.4. The number of sulfonamides is 1. The first kappa shape index (κ1) is 14.5. The number of hydrogen-bond donors (Lipinski definition) is 2. The molecule has 19 heavy (non-hydrogen) atoms. The number of rotatable bonds is 5. The summed E-state index contributed by atoms with van der Waals surface area (Å²) < 4.78 is 27.7. The lowest BCUT2D eigenvalue weighted by Crippen LogP contribution is -2.12. The fraction of sp³-hybridized carbons (Fsp3) is 0.167. The zero-order chi connectivity index (χ0) is 13.9. The molecule has 102 valence electrons. The molecule has 0 unspecified atom stereocenters. The Bertz CT molecular complexity index is 651. The zero-order valence-electron chi connectivity index (χ0n) is 10.2. The number of hydrogen-bond acceptors (Lipinski definition) is 4. The van der Waals surface area contributed by atoms with E-state index < -0.39 is 10.0 Å². The van der Waals surface area contributed by atoms with Crippen molar-refractivity contribution in [2.24, 2.45) is 0 Å². The number of anilines is 1. The fourth-order valence-corrected chi connectivity index (χ4v) is 4.97. The molecule has 0 aliphatic rings. The molecule has 0 aliphatic carbocycles. The smallest absolute Gasteiger partial charge is 0.272 e. The van der Waals surface area contributed by atoms with Gasteiger partial charge in [-0.25, -0.2) is 8.42 Å². The van der Waals surface area contributed by atoms with Crippen LogP contribution in [0.1, 0.15) is 5.56 Å². The highest BCUT2D eigenvalue weighted by molar-refractivity contribution is 9.10. The topological polar surface area (TPSA) is 58.2 Å². The number of thiophene rings is 1. The lowest BCUT2D eigenvalue weighted by molar-refractivity contribution is 0.603. The van der Waals surface area contributed by atoms with Crippen molar-refractivity contribution in [3.05, 3.63) is 45.7 Å². The van der Waals surface area contributed by atoms with Gasteiger partial charge in [0.2, 0.25) is 0 Å². The molecule has 2 aromatic rings. The molecule has 0 fully saturated rings. The van der Waals surface area contributed by atoms with Gasteiger partial charge in [0, 0.05) is 16.7 Å². The van der Waals surface area contributed by atoms with E-state index in [1.54, 1.807) is 23.6 Å². The lowest BCUT2D eigenvalue weighted by Gasteiger charge is -2.08. The molecule has 4 nitrogen and oxygen atoms in total. The van der Waals surface area contributed by atoms with Gasteiger partial charge >= 0.3 is 0 Å². The quantitative estimate of drug-likeness (QED) is 0.861. The van der Waals surface area contributed by atoms with Gasteiger partial charge in [0.1, 0.15) is 0 Å². The number of benzene rings is 1. The highest BCUT2D eigenvalue weighted by atomic mass is 79.9. The lowest BCUT2D eigenvalue weighted by atomic mass is 10.2. The molecule has 0 saturated carbocycles. The second-order valence-electron chi connectivity index (χ2n) is 3.89. The van der Waals surface area contributed by atoms with Gasteiger partial charge in [0.25, 0.3) is 10.0 Å². The Hall–Kier alpha value is -0.890. The Morgan fingerprint density at radius 2 is 1.89 bits per heavy atom. The minimum Gasteiger partial charge on any atom is -0.316 e. The van der Waals surface area contributed by atoms with Crippen molar-refractivity contribution < 1.29 is 8.42 Å². The molecule has 0 bridgehead atoms. The highest BCUT2D eigenvalue weighted by Gasteiger charge is 2.19. The summed E-state index contributed by atoms with van der Waals surface area (Å²) in [7, 11) is -1.65. The molecule has 0 atom stereocenters. The van der Waals surface area contributed by atoms with Gasteiger partial charge in [-0.05, 0) is 52.1 Å². The summed E-state index contributed by atoms with van der Waals surface area (Å²) >= 11 is 4.41. The number of nitrogens with one attached hydrogen (secondary N) is 2. The van der Waals surface area contributed by atoms with Gasteiger partial charge in [0.05, 0.1) is 0 Å². The summed E-state index contributed by atoms with van der Waals surface area (Å²) in [5, 5.41) is 4.77. The third kappa shape index (κ3) is 3.56. The first-order valence-corrected chi connectivity index (χ1v) is 8.68. The van der Waals surface area contributed by atoms with E-state index in [-0.39, 0.29) is 4.21 Å². The van der Waals surface area contributed by atoms with E-state index in [2.05, 4.69) is 26.0 Å². The minimum absolute atomic E-state index is 0.284. The van der Waals surface area contributed by atoms with E-state index in [4.69, 9.17) is 0 Å². The Balaban J connectivity index is 2.19. The standard InChI is InChI=1S/C12H13BrN2O2S2/c1-14-8-9-2-4-10(5-3-9)15-19(16,17)12-11(13)6-7-18-12/h2-7,14-15H,8H2,1H3. The van der Waals surface area contributed by atoms with E-state index >= 15 is 0 Å². The summed E-state index contributed by atoms with van der Waals surface area (Å²) in [6, 6.07) is 9.00. The van der Waals surface area contributed by atoms with Crippen LogP contribution in [0.25, 0.3) is 0 Å². The van der Waals surface area contributed by atoms with Crippen molar-refractivity contribution >= 4 is 43.0 Å². The minimum atomic E-state index is -3.52. The van der Waals surface area contributed by atoms with Crippen LogP contribution in [-0.4, -0.2) is 15.5 Å². The highest BCUT2D eigenvalue weighted by Crippen LogP contribution is 2.29. The maximum Gasteiger partial charge on any atom is 0.272 e. The van der Waals surface area contributed by atoms with Crippen LogP contribution < -0.4 is 10.0 Å². The molecule has 2 N–H and O–H groups in total. The van der Waals surface area contributed by atoms with E-state index in [0.29, 0.717) is 10.2 Å². The van der Waals surface area contributed by atoms with E-state index in [1.807, 2.05) is 19.2 Å². The summed E-state index contributed by atoms with van der Waals surface area (Å²) in [4.78, 5) is 0. The number of halogens is 1. The summed E-state index contributed by atoms with van der Waals surface area (Å²) in [5.74, 6) is 0. The van der Waals surface area contributed by atoms with Crippen LogP contribution >= 0.6 is 27.3 Å². The van der Waals surface area contributed by atoms with Gasteiger partial charge in [-0.3, -0.25) is 4.72 Å². The van der Waals surface area contributed by atoms with Crippen LogP contribution in [-0.2, 0) is 16.6 Å². The Kier molecular flexibility index (Phi) is 4.62. The molecule has 7 heteroatoms. The average molecular weight is 361 g/mol. The monoisotopic (exact) mass is 360 g/mol. The van der Waals surface area contributed by atoms with Crippen molar-refractivity contribution in [1.82, 2.24) is 5.32 Å². The van der Waals surface area contributed by atoms with Crippen molar-refractivity contribution in [3.8, 4) is 0 Å². The van der Waals surface area contributed by atoms with Crippen LogP contribution in [0, 0.1) is 0 Å². The Labute approximate surface area is 125 Å². The fourth-order valence-electron chi connectivity index (χ4n) is 1.57. The Morgan fingerprint density at radius 3 is 2.42 bits per heavy atom. The van der Waals surface area contributed by atoms with Gasteiger partial charge in [-0.1, -0.05) is 12.1 Å².